The number of thioether (sulfide) groups is 1. The molecule has 0 saturated carbocycles. The van der Waals surface area contributed by atoms with Crippen molar-refractivity contribution in [2.24, 2.45) is 0 Å². The summed E-state index contributed by atoms with van der Waals surface area (Å²) in [7, 11) is 0. The smallest absolute Gasteiger partial charge is 0.194 e. The minimum Gasteiger partial charge on any atom is -0.289 e. The fraction of sp³-hybridized carbons (Fsp3) is 0.133. The lowest BCUT2D eigenvalue weighted by atomic mass is 10.0. The summed E-state index contributed by atoms with van der Waals surface area (Å²) in [5, 5.41) is 0. The Morgan fingerprint density at radius 3 is 2.47 bits per heavy atom. The van der Waals surface area contributed by atoms with Crippen molar-refractivity contribution in [1.82, 2.24) is 0 Å². The minimum absolute atomic E-state index is 0.109. The van der Waals surface area contributed by atoms with Gasteiger partial charge in [0.1, 0.15) is 5.82 Å². The first-order valence-electron chi connectivity index (χ1n) is 5.69. The summed E-state index contributed by atoms with van der Waals surface area (Å²) in [6, 6.07) is 11.3. The largest absolute Gasteiger partial charge is 0.289 e. The molecule has 0 unspecified atom stereocenters. The van der Waals surface area contributed by atoms with Crippen LogP contribution in [0.1, 0.15) is 21.5 Å². The highest BCUT2D eigenvalue weighted by Gasteiger charge is 2.13. The van der Waals surface area contributed by atoms with Gasteiger partial charge in [-0.2, -0.15) is 11.8 Å². The van der Waals surface area contributed by atoms with Crippen LogP contribution in [0.25, 0.3) is 0 Å². The Kier molecular flexibility index (Phi) is 4.77. The Bertz CT molecular complexity index is 596. The first-order chi connectivity index (χ1) is 9.11. The quantitative estimate of drug-likeness (QED) is 0.752. The van der Waals surface area contributed by atoms with Gasteiger partial charge < -0.3 is 0 Å². The highest BCUT2D eigenvalue weighted by atomic mass is 79.9. The second-order valence-corrected chi connectivity index (χ2v) is 5.80. The maximum absolute atomic E-state index is 12.8. The molecule has 0 heterocycles. The molecule has 4 heteroatoms. The van der Waals surface area contributed by atoms with E-state index in [0.717, 1.165) is 15.8 Å². The van der Waals surface area contributed by atoms with E-state index in [-0.39, 0.29) is 11.6 Å². The predicted molar refractivity (Wildman–Crippen MR) is 81.2 cm³/mol. The van der Waals surface area contributed by atoms with Gasteiger partial charge in [-0.3, -0.25) is 4.79 Å². The van der Waals surface area contributed by atoms with Crippen LogP contribution in [-0.2, 0) is 5.75 Å². The Balaban J connectivity index is 2.31. The zero-order valence-corrected chi connectivity index (χ0v) is 12.7. The fourth-order valence-electron chi connectivity index (χ4n) is 1.76. The number of rotatable bonds is 4. The summed E-state index contributed by atoms with van der Waals surface area (Å²) < 4.78 is 13.6. The third kappa shape index (κ3) is 3.45. The summed E-state index contributed by atoms with van der Waals surface area (Å²) in [5.74, 6) is 0.456. The molecule has 1 nitrogen and oxygen atoms in total. The monoisotopic (exact) mass is 338 g/mol. The molecule has 0 aromatic heterocycles. The zero-order valence-electron chi connectivity index (χ0n) is 10.3. The molecule has 2 rings (SSSR count). The van der Waals surface area contributed by atoms with Crippen molar-refractivity contribution in [3.63, 3.8) is 0 Å². The molecule has 0 amide bonds. The van der Waals surface area contributed by atoms with Gasteiger partial charge in [-0.25, -0.2) is 4.39 Å². The van der Waals surface area contributed by atoms with E-state index in [1.54, 1.807) is 17.8 Å². The SMILES string of the molecule is CSCc1ccc(C(=O)c2ccc(F)cc2)c(Br)c1. The van der Waals surface area contributed by atoms with Crippen LogP contribution in [0.4, 0.5) is 4.39 Å². The van der Waals surface area contributed by atoms with Crippen LogP contribution < -0.4 is 0 Å². The molecule has 0 aliphatic heterocycles. The average Bonchev–Trinajstić information content (AvgIpc) is 2.39. The van der Waals surface area contributed by atoms with Gasteiger partial charge in [-0.05, 0) is 48.2 Å². The Hall–Kier alpha value is -1.13. The minimum atomic E-state index is -0.342. The van der Waals surface area contributed by atoms with Crippen LogP contribution in [0.5, 0.6) is 0 Å². The highest BCUT2D eigenvalue weighted by Crippen LogP contribution is 2.23. The number of benzene rings is 2. The standard InChI is InChI=1S/C15H12BrFOS/c1-19-9-10-2-7-13(14(16)8-10)15(18)11-3-5-12(17)6-4-11/h2-8H,9H2,1H3. The van der Waals surface area contributed by atoms with Crippen molar-refractivity contribution < 1.29 is 9.18 Å². The van der Waals surface area contributed by atoms with Crippen LogP contribution in [0, 0.1) is 5.82 Å². The average molecular weight is 339 g/mol. The number of ketones is 1. The van der Waals surface area contributed by atoms with E-state index in [0.29, 0.717) is 11.1 Å². The van der Waals surface area contributed by atoms with E-state index in [1.165, 1.54) is 24.3 Å². The molecule has 0 bridgehead atoms. The van der Waals surface area contributed by atoms with E-state index in [2.05, 4.69) is 15.9 Å². The molecule has 2 aromatic rings. The van der Waals surface area contributed by atoms with Gasteiger partial charge in [0.2, 0.25) is 0 Å². The first-order valence-corrected chi connectivity index (χ1v) is 7.88. The van der Waals surface area contributed by atoms with E-state index in [1.807, 2.05) is 18.4 Å². The first kappa shape index (κ1) is 14.3. The lowest BCUT2D eigenvalue weighted by Gasteiger charge is -2.06. The van der Waals surface area contributed by atoms with E-state index in [9.17, 15) is 9.18 Å². The molecule has 98 valence electrons. The summed E-state index contributed by atoms with van der Waals surface area (Å²) in [4.78, 5) is 12.3. The molecule has 0 fully saturated rings. The molecule has 0 radical (unpaired) electrons. The highest BCUT2D eigenvalue weighted by molar-refractivity contribution is 9.10. The molecular weight excluding hydrogens is 327 g/mol. The maximum Gasteiger partial charge on any atom is 0.194 e. The Labute approximate surface area is 124 Å². The van der Waals surface area contributed by atoms with Crippen LogP contribution in [-0.4, -0.2) is 12.0 Å². The number of halogens is 2. The van der Waals surface area contributed by atoms with Crippen molar-refractivity contribution in [1.29, 1.82) is 0 Å². The Morgan fingerprint density at radius 2 is 1.89 bits per heavy atom. The van der Waals surface area contributed by atoms with Gasteiger partial charge in [-0.1, -0.05) is 22.0 Å². The Morgan fingerprint density at radius 1 is 1.21 bits per heavy atom. The second kappa shape index (κ2) is 6.35. The van der Waals surface area contributed by atoms with Gasteiger partial charge in [0, 0.05) is 21.4 Å². The van der Waals surface area contributed by atoms with Gasteiger partial charge in [0.15, 0.2) is 5.78 Å². The zero-order chi connectivity index (χ0) is 13.8. The van der Waals surface area contributed by atoms with Crippen molar-refractivity contribution >= 4 is 33.5 Å². The summed E-state index contributed by atoms with van der Waals surface area (Å²) in [5.41, 5.74) is 2.24. The molecule has 0 aliphatic carbocycles. The molecule has 0 aliphatic rings. The molecular formula is C15H12BrFOS. The number of hydrogen-bond donors (Lipinski definition) is 0. The topological polar surface area (TPSA) is 17.1 Å². The second-order valence-electron chi connectivity index (χ2n) is 4.08. The van der Waals surface area contributed by atoms with Gasteiger partial charge in [0.05, 0.1) is 0 Å². The molecule has 0 saturated heterocycles. The fourth-order valence-corrected chi connectivity index (χ4v) is 2.88. The maximum atomic E-state index is 12.8. The number of carbonyl (C=O) groups is 1. The van der Waals surface area contributed by atoms with Crippen molar-refractivity contribution in [3.05, 3.63) is 69.4 Å². The van der Waals surface area contributed by atoms with Crippen LogP contribution in [0.15, 0.2) is 46.9 Å². The molecule has 0 spiro atoms. The van der Waals surface area contributed by atoms with Gasteiger partial charge in [-0.15, -0.1) is 0 Å². The van der Waals surface area contributed by atoms with Gasteiger partial charge in [0.25, 0.3) is 0 Å². The summed E-state index contributed by atoms with van der Waals surface area (Å²) in [6.07, 6.45) is 2.03. The predicted octanol–water partition coefficient (Wildman–Crippen LogP) is 4.68. The van der Waals surface area contributed by atoms with E-state index in [4.69, 9.17) is 0 Å². The lowest BCUT2D eigenvalue weighted by molar-refractivity contribution is 0.103. The van der Waals surface area contributed by atoms with Crippen molar-refractivity contribution in [2.45, 2.75) is 5.75 Å². The lowest BCUT2D eigenvalue weighted by Crippen LogP contribution is -2.02. The molecule has 0 N–H and O–H groups in total. The normalized spacial score (nSPS) is 10.5. The van der Waals surface area contributed by atoms with Crippen molar-refractivity contribution in [3.8, 4) is 0 Å². The number of carbonyl (C=O) groups excluding carboxylic acids is 1. The van der Waals surface area contributed by atoms with Crippen molar-refractivity contribution in [2.75, 3.05) is 6.26 Å². The molecule has 2 aromatic carbocycles. The molecule has 19 heavy (non-hydrogen) atoms. The third-order valence-electron chi connectivity index (χ3n) is 2.70. The van der Waals surface area contributed by atoms with Gasteiger partial charge >= 0.3 is 0 Å². The van der Waals surface area contributed by atoms with Crippen LogP contribution >= 0.6 is 27.7 Å². The third-order valence-corrected chi connectivity index (χ3v) is 3.97. The summed E-state index contributed by atoms with van der Waals surface area (Å²) >= 11 is 5.15. The number of hydrogen-bond acceptors (Lipinski definition) is 2. The summed E-state index contributed by atoms with van der Waals surface area (Å²) in [6.45, 7) is 0. The van der Waals surface area contributed by atoms with E-state index < -0.39 is 0 Å². The van der Waals surface area contributed by atoms with Crippen LogP contribution in [0.2, 0.25) is 0 Å². The van der Waals surface area contributed by atoms with E-state index >= 15 is 0 Å². The molecule has 0 atom stereocenters. The van der Waals surface area contributed by atoms with Crippen LogP contribution in [0.3, 0.4) is 0 Å².